The van der Waals surface area contributed by atoms with E-state index in [0.717, 1.165) is 10.9 Å². The quantitative estimate of drug-likeness (QED) is 0.645. The Bertz CT molecular complexity index is 662. The Hall–Kier alpha value is -1.95. The molecule has 0 aliphatic heterocycles. The first kappa shape index (κ1) is 13.5. The number of rotatable bonds is 5. The average molecular weight is 280 g/mol. The zero-order valence-corrected chi connectivity index (χ0v) is 10.8. The Morgan fingerprint density at radius 3 is 2.84 bits per heavy atom. The molecular weight excluding hydrogens is 268 g/mol. The van der Waals surface area contributed by atoms with Crippen LogP contribution in [0.4, 0.5) is 0 Å². The molecule has 5 nitrogen and oxygen atoms in total. The normalized spacial score (nSPS) is 10.7. The van der Waals surface area contributed by atoms with Crippen LogP contribution in [0.2, 0.25) is 0 Å². The number of fused-ring (bicyclic) bond motifs is 1. The SMILES string of the molecule is O=C(O)CCSCc1cc(=O)oc2cc(O)ccc12. The molecule has 2 N–H and O–H groups in total. The van der Waals surface area contributed by atoms with Gasteiger partial charge in [-0.2, -0.15) is 11.8 Å². The number of phenols is 1. The van der Waals surface area contributed by atoms with Crippen molar-refractivity contribution in [3.8, 4) is 5.75 Å². The molecule has 6 heteroatoms. The first-order valence-corrected chi connectivity index (χ1v) is 6.77. The number of phenolic OH excluding ortho intramolecular Hbond substituents is 1. The maximum absolute atomic E-state index is 11.4. The number of carbonyl (C=O) groups is 1. The molecule has 0 saturated carbocycles. The van der Waals surface area contributed by atoms with Crippen LogP contribution in [-0.2, 0) is 10.5 Å². The molecule has 0 saturated heterocycles. The highest BCUT2D eigenvalue weighted by Gasteiger charge is 2.07. The number of carboxylic acids is 1. The highest BCUT2D eigenvalue weighted by molar-refractivity contribution is 7.98. The molecule has 0 atom stereocenters. The molecule has 0 fully saturated rings. The summed E-state index contributed by atoms with van der Waals surface area (Å²) in [7, 11) is 0. The van der Waals surface area contributed by atoms with Crippen molar-refractivity contribution >= 4 is 28.7 Å². The molecule has 2 aromatic rings. The molecule has 19 heavy (non-hydrogen) atoms. The number of thioether (sulfide) groups is 1. The molecule has 0 aliphatic carbocycles. The topological polar surface area (TPSA) is 87.7 Å². The summed E-state index contributed by atoms with van der Waals surface area (Å²) < 4.78 is 5.01. The summed E-state index contributed by atoms with van der Waals surface area (Å²) in [6.45, 7) is 0. The molecular formula is C13H12O5S. The fourth-order valence-electron chi connectivity index (χ4n) is 1.68. The molecule has 2 rings (SSSR count). The lowest BCUT2D eigenvalue weighted by molar-refractivity contribution is -0.136. The third-order valence-corrected chi connectivity index (χ3v) is 3.54. The number of hydrogen-bond acceptors (Lipinski definition) is 5. The number of aromatic hydroxyl groups is 1. The van der Waals surface area contributed by atoms with Crippen LogP contribution >= 0.6 is 11.8 Å². The molecule has 0 spiro atoms. The van der Waals surface area contributed by atoms with Gasteiger partial charge in [0.25, 0.3) is 0 Å². The maximum Gasteiger partial charge on any atom is 0.336 e. The largest absolute Gasteiger partial charge is 0.508 e. The van der Waals surface area contributed by atoms with Gasteiger partial charge in [-0.25, -0.2) is 4.79 Å². The van der Waals surface area contributed by atoms with E-state index in [-0.39, 0.29) is 12.2 Å². The highest BCUT2D eigenvalue weighted by atomic mass is 32.2. The summed E-state index contributed by atoms with van der Waals surface area (Å²) in [6, 6.07) is 5.99. The van der Waals surface area contributed by atoms with Crippen LogP contribution in [0.3, 0.4) is 0 Å². The van der Waals surface area contributed by atoms with E-state index in [4.69, 9.17) is 9.52 Å². The third kappa shape index (κ3) is 3.51. The zero-order valence-electron chi connectivity index (χ0n) is 9.96. The van der Waals surface area contributed by atoms with E-state index in [1.807, 2.05) is 0 Å². The smallest absolute Gasteiger partial charge is 0.336 e. The predicted octanol–water partition coefficient (Wildman–Crippen LogP) is 2.21. The van der Waals surface area contributed by atoms with E-state index in [1.165, 1.54) is 30.0 Å². The van der Waals surface area contributed by atoms with Crippen molar-refractivity contribution < 1.29 is 19.4 Å². The van der Waals surface area contributed by atoms with Crippen LogP contribution in [0, 0.1) is 0 Å². The van der Waals surface area contributed by atoms with Gasteiger partial charge in [0, 0.05) is 29.0 Å². The number of carboxylic acid groups (broad SMARTS) is 1. The lowest BCUT2D eigenvalue weighted by Gasteiger charge is -2.05. The number of hydrogen-bond donors (Lipinski definition) is 2. The highest BCUT2D eigenvalue weighted by Crippen LogP contribution is 2.24. The first-order valence-electron chi connectivity index (χ1n) is 5.61. The van der Waals surface area contributed by atoms with Crippen LogP contribution in [0.15, 0.2) is 33.5 Å². The van der Waals surface area contributed by atoms with E-state index in [1.54, 1.807) is 6.07 Å². The van der Waals surface area contributed by atoms with Crippen LogP contribution in [0.25, 0.3) is 11.0 Å². The standard InChI is InChI=1S/C13H12O5S/c14-9-1-2-10-8(7-19-4-3-12(15)16)5-13(17)18-11(10)6-9/h1-2,5-6,14H,3-4,7H2,(H,15,16). The molecule has 0 unspecified atom stereocenters. The van der Waals surface area contributed by atoms with E-state index in [9.17, 15) is 14.7 Å². The maximum atomic E-state index is 11.4. The van der Waals surface area contributed by atoms with Gasteiger partial charge in [0.05, 0.1) is 6.42 Å². The molecule has 0 bridgehead atoms. The summed E-state index contributed by atoms with van der Waals surface area (Å²) in [6.07, 6.45) is 0.0881. The van der Waals surface area contributed by atoms with E-state index < -0.39 is 11.6 Å². The Labute approximate surface area is 112 Å². The number of aliphatic carboxylic acids is 1. The Balaban J connectivity index is 2.22. The lowest BCUT2D eigenvalue weighted by Crippen LogP contribution is -2.01. The van der Waals surface area contributed by atoms with Gasteiger partial charge in [-0.1, -0.05) is 0 Å². The minimum atomic E-state index is -0.838. The average Bonchev–Trinajstić information content (AvgIpc) is 2.33. The molecule has 1 aromatic heterocycles. The van der Waals surface area contributed by atoms with Crippen molar-refractivity contribution in [2.75, 3.05) is 5.75 Å². The molecule has 1 aromatic carbocycles. The van der Waals surface area contributed by atoms with Gasteiger partial charge >= 0.3 is 11.6 Å². The van der Waals surface area contributed by atoms with E-state index in [0.29, 0.717) is 17.1 Å². The van der Waals surface area contributed by atoms with Crippen molar-refractivity contribution in [3.05, 3.63) is 40.2 Å². The fourth-order valence-corrected chi connectivity index (χ4v) is 2.60. The second-order valence-corrected chi connectivity index (χ2v) is 5.07. The summed E-state index contributed by atoms with van der Waals surface area (Å²) in [4.78, 5) is 21.8. The molecule has 1 heterocycles. The van der Waals surface area contributed by atoms with Crippen LogP contribution in [0.5, 0.6) is 5.75 Å². The van der Waals surface area contributed by atoms with Gasteiger partial charge in [0.2, 0.25) is 0 Å². The Kier molecular flexibility index (Phi) is 4.11. The van der Waals surface area contributed by atoms with E-state index in [2.05, 4.69) is 0 Å². The molecule has 0 aliphatic rings. The van der Waals surface area contributed by atoms with Gasteiger partial charge < -0.3 is 14.6 Å². The second-order valence-electron chi connectivity index (χ2n) is 3.97. The second kappa shape index (κ2) is 5.79. The summed E-state index contributed by atoms with van der Waals surface area (Å²) >= 11 is 1.44. The first-order chi connectivity index (χ1) is 9.06. The third-order valence-electron chi connectivity index (χ3n) is 2.53. The van der Waals surface area contributed by atoms with Crippen molar-refractivity contribution in [3.63, 3.8) is 0 Å². The van der Waals surface area contributed by atoms with Gasteiger partial charge in [0.15, 0.2) is 0 Å². The minimum absolute atomic E-state index is 0.0336. The molecule has 0 amide bonds. The fraction of sp³-hybridized carbons (Fsp3) is 0.231. The van der Waals surface area contributed by atoms with Crippen LogP contribution in [0.1, 0.15) is 12.0 Å². The zero-order chi connectivity index (χ0) is 13.8. The van der Waals surface area contributed by atoms with Crippen molar-refractivity contribution in [1.82, 2.24) is 0 Å². The van der Waals surface area contributed by atoms with Crippen molar-refractivity contribution in [2.45, 2.75) is 12.2 Å². The Morgan fingerprint density at radius 1 is 1.32 bits per heavy atom. The lowest BCUT2D eigenvalue weighted by atomic mass is 10.1. The van der Waals surface area contributed by atoms with Gasteiger partial charge in [-0.05, 0) is 17.7 Å². The Morgan fingerprint density at radius 2 is 2.11 bits per heavy atom. The summed E-state index contributed by atoms with van der Waals surface area (Å²) in [5, 5.41) is 18.7. The van der Waals surface area contributed by atoms with Gasteiger partial charge in [-0.3, -0.25) is 4.79 Å². The molecule has 100 valence electrons. The molecule has 0 radical (unpaired) electrons. The minimum Gasteiger partial charge on any atom is -0.508 e. The van der Waals surface area contributed by atoms with E-state index >= 15 is 0 Å². The summed E-state index contributed by atoms with van der Waals surface area (Å²) in [5.74, 6) is 0.205. The predicted molar refractivity (Wildman–Crippen MR) is 72.6 cm³/mol. The monoisotopic (exact) mass is 280 g/mol. The van der Waals surface area contributed by atoms with Crippen molar-refractivity contribution in [2.24, 2.45) is 0 Å². The van der Waals surface area contributed by atoms with Gasteiger partial charge in [0.1, 0.15) is 11.3 Å². The van der Waals surface area contributed by atoms with Crippen LogP contribution in [-0.4, -0.2) is 21.9 Å². The van der Waals surface area contributed by atoms with Crippen LogP contribution < -0.4 is 5.63 Å². The van der Waals surface area contributed by atoms with Gasteiger partial charge in [-0.15, -0.1) is 0 Å². The summed E-state index contributed by atoms with van der Waals surface area (Å²) in [5.41, 5.74) is 0.634. The number of benzene rings is 1. The van der Waals surface area contributed by atoms with Crippen molar-refractivity contribution in [1.29, 1.82) is 0 Å².